The molecular formula is C16H17N3O. The molecule has 0 radical (unpaired) electrons. The minimum atomic E-state index is 0.634. The predicted molar refractivity (Wildman–Crippen MR) is 81.6 cm³/mol. The van der Waals surface area contributed by atoms with E-state index in [0.717, 1.165) is 23.3 Å². The van der Waals surface area contributed by atoms with Crippen molar-refractivity contribution in [2.45, 2.75) is 13.5 Å². The second kappa shape index (κ2) is 5.25. The highest BCUT2D eigenvalue weighted by atomic mass is 16.3. The summed E-state index contributed by atoms with van der Waals surface area (Å²) in [5, 5.41) is 0. The molecule has 0 atom stereocenters. The lowest BCUT2D eigenvalue weighted by molar-refractivity contribution is 0.522. The summed E-state index contributed by atoms with van der Waals surface area (Å²) in [7, 11) is 0. The van der Waals surface area contributed by atoms with Gasteiger partial charge in [-0.3, -0.25) is 0 Å². The molecule has 0 amide bonds. The summed E-state index contributed by atoms with van der Waals surface area (Å²) in [6, 6.07) is 15.8. The van der Waals surface area contributed by atoms with E-state index >= 15 is 0 Å². The monoisotopic (exact) mass is 267 g/mol. The van der Waals surface area contributed by atoms with Crippen LogP contribution in [0.4, 0.5) is 11.4 Å². The number of oxazole rings is 1. The molecule has 20 heavy (non-hydrogen) atoms. The molecule has 0 aliphatic carbocycles. The smallest absolute Gasteiger partial charge is 0.215 e. The van der Waals surface area contributed by atoms with Crippen LogP contribution >= 0.6 is 0 Å². The van der Waals surface area contributed by atoms with Crippen molar-refractivity contribution in [3.8, 4) is 0 Å². The van der Waals surface area contributed by atoms with Crippen molar-refractivity contribution >= 4 is 22.5 Å². The zero-order valence-corrected chi connectivity index (χ0v) is 11.4. The normalized spacial score (nSPS) is 10.8. The summed E-state index contributed by atoms with van der Waals surface area (Å²) in [6.07, 6.45) is 0. The van der Waals surface area contributed by atoms with E-state index in [1.54, 1.807) is 0 Å². The largest absolute Gasteiger partial charge is 0.439 e. The second-order valence-electron chi connectivity index (χ2n) is 4.65. The summed E-state index contributed by atoms with van der Waals surface area (Å²) in [5.74, 6) is 0.684. The van der Waals surface area contributed by atoms with Crippen LogP contribution in [0, 0.1) is 0 Å². The van der Waals surface area contributed by atoms with Crippen LogP contribution in [0.15, 0.2) is 52.9 Å². The number of aromatic nitrogens is 1. The zero-order chi connectivity index (χ0) is 13.9. The van der Waals surface area contributed by atoms with E-state index in [9.17, 15) is 0 Å². The van der Waals surface area contributed by atoms with Crippen LogP contribution in [0.25, 0.3) is 11.1 Å². The quantitative estimate of drug-likeness (QED) is 0.736. The first-order chi connectivity index (χ1) is 9.78. The van der Waals surface area contributed by atoms with Crippen LogP contribution < -0.4 is 10.6 Å². The van der Waals surface area contributed by atoms with Crippen LogP contribution in [0.5, 0.6) is 0 Å². The van der Waals surface area contributed by atoms with Crippen LogP contribution in [-0.4, -0.2) is 11.5 Å². The molecule has 4 heteroatoms. The van der Waals surface area contributed by atoms with Crippen molar-refractivity contribution in [2.24, 2.45) is 0 Å². The molecule has 1 aromatic heterocycles. The number of benzene rings is 2. The topological polar surface area (TPSA) is 55.3 Å². The molecule has 0 bridgehead atoms. The fraction of sp³-hybridized carbons (Fsp3) is 0.188. The third kappa shape index (κ3) is 2.32. The molecule has 102 valence electrons. The Kier molecular flexibility index (Phi) is 3.29. The van der Waals surface area contributed by atoms with Gasteiger partial charge >= 0.3 is 0 Å². The van der Waals surface area contributed by atoms with E-state index in [-0.39, 0.29) is 0 Å². The fourth-order valence-electron chi connectivity index (χ4n) is 2.27. The van der Waals surface area contributed by atoms with E-state index in [1.165, 1.54) is 0 Å². The van der Waals surface area contributed by atoms with Gasteiger partial charge in [0, 0.05) is 12.2 Å². The van der Waals surface area contributed by atoms with Crippen LogP contribution in [-0.2, 0) is 6.54 Å². The standard InChI is InChI=1S/C16H17N3O/c1-2-19(12-7-4-3-5-8-12)11-15-18-16-13(17)9-6-10-14(16)20-15/h3-10H,2,11,17H2,1H3. The number of nitrogens with zero attached hydrogens (tertiary/aromatic N) is 2. The molecule has 0 saturated carbocycles. The summed E-state index contributed by atoms with van der Waals surface area (Å²) < 4.78 is 5.77. The summed E-state index contributed by atoms with van der Waals surface area (Å²) in [5.41, 5.74) is 9.20. The second-order valence-corrected chi connectivity index (χ2v) is 4.65. The van der Waals surface area contributed by atoms with Crippen molar-refractivity contribution in [1.82, 2.24) is 4.98 Å². The van der Waals surface area contributed by atoms with Crippen molar-refractivity contribution in [2.75, 3.05) is 17.2 Å². The predicted octanol–water partition coefficient (Wildman–Crippen LogP) is 3.44. The zero-order valence-electron chi connectivity index (χ0n) is 11.4. The van der Waals surface area contributed by atoms with E-state index < -0.39 is 0 Å². The van der Waals surface area contributed by atoms with Gasteiger partial charge in [0.05, 0.1) is 12.2 Å². The average Bonchev–Trinajstić information content (AvgIpc) is 2.90. The number of nitrogens with two attached hydrogens (primary N) is 1. The molecule has 0 unspecified atom stereocenters. The maximum Gasteiger partial charge on any atom is 0.215 e. The number of rotatable bonds is 4. The highest BCUT2D eigenvalue weighted by Crippen LogP contribution is 2.23. The highest BCUT2D eigenvalue weighted by Gasteiger charge is 2.12. The van der Waals surface area contributed by atoms with E-state index in [2.05, 4.69) is 28.9 Å². The molecule has 2 aromatic carbocycles. The first-order valence-corrected chi connectivity index (χ1v) is 6.72. The van der Waals surface area contributed by atoms with Crippen molar-refractivity contribution in [3.63, 3.8) is 0 Å². The minimum Gasteiger partial charge on any atom is -0.439 e. The number of anilines is 2. The molecule has 1 heterocycles. The van der Waals surface area contributed by atoms with E-state index in [0.29, 0.717) is 18.1 Å². The maximum absolute atomic E-state index is 5.91. The molecular weight excluding hydrogens is 250 g/mol. The molecule has 0 aliphatic rings. The number of nitrogen functional groups attached to an aromatic ring is 1. The summed E-state index contributed by atoms with van der Waals surface area (Å²) in [4.78, 5) is 6.70. The molecule has 0 spiro atoms. The SMILES string of the molecule is CCN(Cc1nc2c(N)cccc2o1)c1ccccc1. The first-order valence-electron chi connectivity index (χ1n) is 6.72. The third-order valence-corrected chi connectivity index (χ3v) is 3.32. The number of fused-ring (bicyclic) bond motifs is 1. The Labute approximate surface area is 117 Å². The van der Waals surface area contributed by atoms with Crippen LogP contribution in [0.3, 0.4) is 0 Å². The Morgan fingerprint density at radius 1 is 1.10 bits per heavy atom. The van der Waals surface area contributed by atoms with Crippen LogP contribution in [0.2, 0.25) is 0 Å². The summed E-state index contributed by atoms with van der Waals surface area (Å²) in [6.45, 7) is 3.64. The number of hydrogen-bond donors (Lipinski definition) is 1. The molecule has 3 rings (SSSR count). The molecule has 2 N–H and O–H groups in total. The molecule has 0 fully saturated rings. The Morgan fingerprint density at radius 2 is 1.90 bits per heavy atom. The minimum absolute atomic E-state index is 0.634. The van der Waals surface area contributed by atoms with Gasteiger partial charge in [0.25, 0.3) is 0 Å². The highest BCUT2D eigenvalue weighted by molar-refractivity contribution is 5.85. The van der Waals surface area contributed by atoms with Gasteiger partial charge in [-0.25, -0.2) is 4.98 Å². The van der Waals surface area contributed by atoms with Gasteiger partial charge in [0.1, 0.15) is 5.52 Å². The van der Waals surface area contributed by atoms with Gasteiger partial charge in [0.2, 0.25) is 5.89 Å². The number of para-hydroxylation sites is 2. The van der Waals surface area contributed by atoms with Gasteiger partial charge < -0.3 is 15.1 Å². The number of hydrogen-bond acceptors (Lipinski definition) is 4. The van der Waals surface area contributed by atoms with Gasteiger partial charge in [-0.05, 0) is 31.2 Å². The fourth-order valence-corrected chi connectivity index (χ4v) is 2.27. The molecule has 0 aliphatic heterocycles. The molecule has 3 aromatic rings. The molecule has 0 saturated heterocycles. The Bertz CT molecular complexity index is 706. The van der Waals surface area contributed by atoms with E-state index in [1.807, 2.05) is 36.4 Å². The van der Waals surface area contributed by atoms with E-state index in [4.69, 9.17) is 10.2 Å². The lowest BCUT2D eigenvalue weighted by Gasteiger charge is -2.21. The lowest BCUT2D eigenvalue weighted by Crippen LogP contribution is -2.21. The van der Waals surface area contributed by atoms with Crippen molar-refractivity contribution < 1.29 is 4.42 Å². The van der Waals surface area contributed by atoms with Crippen LogP contribution in [0.1, 0.15) is 12.8 Å². The Morgan fingerprint density at radius 3 is 2.60 bits per heavy atom. The first kappa shape index (κ1) is 12.5. The lowest BCUT2D eigenvalue weighted by atomic mass is 10.3. The summed E-state index contributed by atoms with van der Waals surface area (Å²) >= 11 is 0. The van der Waals surface area contributed by atoms with Crippen molar-refractivity contribution in [1.29, 1.82) is 0 Å². The molecule has 4 nitrogen and oxygen atoms in total. The maximum atomic E-state index is 5.91. The van der Waals surface area contributed by atoms with Gasteiger partial charge in [-0.2, -0.15) is 0 Å². The van der Waals surface area contributed by atoms with Gasteiger partial charge in [-0.15, -0.1) is 0 Å². The Balaban J connectivity index is 1.90. The third-order valence-electron chi connectivity index (χ3n) is 3.32. The van der Waals surface area contributed by atoms with Gasteiger partial charge in [0.15, 0.2) is 5.58 Å². The van der Waals surface area contributed by atoms with Crippen molar-refractivity contribution in [3.05, 3.63) is 54.4 Å². The Hall–Kier alpha value is -2.49. The average molecular weight is 267 g/mol. The van der Waals surface area contributed by atoms with Gasteiger partial charge in [-0.1, -0.05) is 24.3 Å².